The summed E-state index contributed by atoms with van der Waals surface area (Å²) in [5.74, 6) is -0.00257. The lowest BCUT2D eigenvalue weighted by Crippen LogP contribution is -2.48. The van der Waals surface area contributed by atoms with E-state index in [0.29, 0.717) is 6.54 Å². The molecule has 2 rings (SSSR count). The Morgan fingerprint density at radius 3 is 2.62 bits per heavy atom. The van der Waals surface area contributed by atoms with Crippen LogP contribution in [0.4, 0.5) is 5.69 Å². The maximum absolute atomic E-state index is 12.3. The number of carbonyl (C=O) groups is 1. The van der Waals surface area contributed by atoms with Crippen LogP contribution in [0.3, 0.4) is 0 Å². The van der Waals surface area contributed by atoms with Gasteiger partial charge in [0, 0.05) is 13.5 Å². The van der Waals surface area contributed by atoms with Gasteiger partial charge in [-0.1, -0.05) is 12.1 Å². The average Bonchev–Trinajstić information content (AvgIpc) is 2.23. The Hall–Kier alpha value is -1.16. The zero-order valence-electron chi connectivity index (χ0n) is 9.69. The van der Waals surface area contributed by atoms with Crippen LogP contribution < -0.4 is 4.90 Å². The van der Waals surface area contributed by atoms with E-state index in [1.807, 2.05) is 38.1 Å². The molecule has 1 atom stereocenters. The van der Waals surface area contributed by atoms with E-state index < -0.39 is 10.8 Å². The van der Waals surface area contributed by atoms with Crippen molar-refractivity contribution in [2.45, 2.75) is 30.4 Å². The Bertz CT molecular complexity index is 468. The van der Waals surface area contributed by atoms with Gasteiger partial charge in [0.1, 0.15) is 0 Å². The highest BCUT2D eigenvalue weighted by molar-refractivity contribution is 7.86. The topological polar surface area (TPSA) is 37.4 Å². The van der Waals surface area contributed by atoms with E-state index in [9.17, 15) is 9.00 Å². The number of hydrogen-bond acceptors (Lipinski definition) is 2. The SMILES string of the molecule is CC(=O)N1CC(C)(C)S(=O)c2ccccc21. The molecule has 0 fully saturated rings. The Labute approximate surface area is 97.9 Å². The number of amides is 1. The third-order valence-corrected chi connectivity index (χ3v) is 4.65. The molecule has 1 aliphatic rings. The summed E-state index contributed by atoms with van der Waals surface area (Å²) in [6.07, 6.45) is 0. The number of rotatable bonds is 0. The maximum Gasteiger partial charge on any atom is 0.223 e. The van der Waals surface area contributed by atoms with Gasteiger partial charge in [-0.05, 0) is 26.0 Å². The minimum absolute atomic E-state index is 0.00257. The maximum atomic E-state index is 12.3. The number of carbonyl (C=O) groups excluding carboxylic acids is 1. The normalized spacial score (nSPS) is 22.7. The van der Waals surface area contributed by atoms with E-state index >= 15 is 0 Å². The van der Waals surface area contributed by atoms with E-state index in [1.165, 1.54) is 0 Å². The van der Waals surface area contributed by atoms with Crippen molar-refractivity contribution in [1.82, 2.24) is 0 Å². The lowest BCUT2D eigenvalue weighted by atomic mass is 10.1. The molecule has 0 radical (unpaired) electrons. The predicted molar refractivity (Wildman–Crippen MR) is 65.0 cm³/mol. The molecule has 0 spiro atoms. The smallest absolute Gasteiger partial charge is 0.223 e. The van der Waals surface area contributed by atoms with Crippen LogP contribution in [0.15, 0.2) is 29.2 Å². The van der Waals surface area contributed by atoms with E-state index in [1.54, 1.807) is 11.8 Å². The third kappa shape index (κ3) is 1.67. The van der Waals surface area contributed by atoms with E-state index in [2.05, 4.69) is 0 Å². The number of hydrogen-bond donors (Lipinski definition) is 0. The van der Waals surface area contributed by atoms with Gasteiger partial charge in [-0.3, -0.25) is 9.00 Å². The standard InChI is InChI=1S/C12H15NO2S/c1-9(14)13-8-12(2,3)16(15)11-7-5-4-6-10(11)13/h4-7H,8H2,1-3H3. The van der Waals surface area contributed by atoms with Crippen LogP contribution in [-0.2, 0) is 15.6 Å². The second-order valence-electron chi connectivity index (χ2n) is 4.60. The molecule has 86 valence electrons. The summed E-state index contributed by atoms with van der Waals surface area (Å²) in [5.41, 5.74) is 0.785. The first-order valence-electron chi connectivity index (χ1n) is 5.22. The minimum Gasteiger partial charge on any atom is -0.310 e. The fourth-order valence-corrected chi connectivity index (χ4v) is 3.35. The molecule has 1 aromatic rings. The first-order chi connectivity index (χ1) is 7.43. The number of para-hydroxylation sites is 1. The molecule has 3 nitrogen and oxygen atoms in total. The first-order valence-corrected chi connectivity index (χ1v) is 6.37. The predicted octanol–water partition coefficient (Wildman–Crippen LogP) is 1.94. The molecule has 0 aromatic heterocycles. The van der Waals surface area contributed by atoms with Gasteiger partial charge >= 0.3 is 0 Å². The molecule has 1 aliphatic heterocycles. The molecule has 0 bridgehead atoms. The lowest BCUT2D eigenvalue weighted by Gasteiger charge is -2.37. The van der Waals surface area contributed by atoms with Crippen molar-refractivity contribution >= 4 is 22.4 Å². The van der Waals surface area contributed by atoms with Crippen molar-refractivity contribution in [3.05, 3.63) is 24.3 Å². The van der Waals surface area contributed by atoms with Crippen molar-refractivity contribution in [3.63, 3.8) is 0 Å². The van der Waals surface area contributed by atoms with Crippen LogP contribution in [-0.4, -0.2) is 21.4 Å². The number of anilines is 1. The van der Waals surface area contributed by atoms with Crippen molar-refractivity contribution in [2.75, 3.05) is 11.4 Å². The summed E-state index contributed by atoms with van der Waals surface area (Å²) >= 11 is 0. The summed E-state index contributed by atoms with van der Waals surface area (Å²) in [6.45, 7) is 5.90. The first kappa shape index (κ1) is 11.3. The Kier molecular flexibility index (Phi) is 2.62. The minimum atomic E-state index is -1.06. The van der Waals surface area contributed by atoms with Gasteiger partial charge in [-0.25, -0.2) is 0 Å². The fraction of sp³-hybridized carbons (Fsp3) is 0.417. The molecular formula is C12H15NO2S. The third-order valence-electron chi connectivity index (χ3n) is 2.78. The number of fused-ring (bicyclic) bond motifs is 1. The summed E-state index contributed by atoms with van der Waals surface area (Å²) in [5, 5.41) is 0. The molecular weight excluding hydrogens is 222 g/mol. The summed E-state index contributed by atoms with van der Waals surface area (Å²) in [7, 11) is -1.06. The van der Waals surface area contributed by atoms with Crippen LogP contribution in [0, 0.1) is 0 Å². The van der Waals surface area contributed by atoms with Crippen LogP contribution in [0.2, 0.25) is 0 Å². The van der Waals surface area contributed by atoms with Gasteiger partial charge in [0.25, 0.3) is 0 Å². The molecule has 16 heavy (non-hydrogen) atoms. The monoisotopic (exact) mass is 237 g/mol. The highest BCUT2D eigenvalue weighted by Gasteiger charge is 2.38. The summed E-state index contributed by atoms with van der Waals surface area (Å²) < 4.78 is 11.9. The fourth-order valence-electron chi connectivity index (χ4n) is 1.94. The average molecular weight is 237 g/mol. The molecule has 1 amide bonds. The summed E-state index contributed by atoms with van der Waals surface area (Å²) in [6, 6.07) is 7.41. The van der Waals surface area contributed by atoms with Crippen molar-refractivity contribution in [3.8, 4) is 0 Å². The van der Waals surface area contributed by atoms with Crippen molar-refractivity contribution in [1.29, 1.82) is 0 Å². The molecule has 1 aromatic carbocycles. The second-order valence-corrected chi connectivity index (χ2v) is 6.68. The van der Waals surface area contributed by atoms with Crippen molar-refractivity contribution < 1.29 is 9.00 Å². The number of nitrogens with zero attached hydrogens (tertiary/aromatic N) is 1. The molecule has 1 heterocycles. The highest BCUT2D eigenvalue weighted by atomic mass is 32.2. The lowest BCUT2D eigenvalue weighted by molar-refractivity contribution is -0.116. The van der Waals surface area contributed by atoms with E-state index in [4.69, 9.17) is 0 Å². The van der Waals surface area contributed by atoms with Crippen LogP contribution in [0.1, 0.15) is 20.8 Å². The van der Waals surface area contributed by atoms with Gasteiger partial charge in [0.2, 0.25) is 5.91 Å². The largest absolute Gasteiger partial charge is 0.310 e. The van der Waals surface area contributed by atoms with E-state index in [0.717, 1.165) is 10.6 Å². The van der Waals surface area contributed by atoms with Crippen molar-refractivity contribution in [2.24, 2.45) is 0 Å². The van der Waals surface area contributed by atoms with Gasteiger partial charge < -0.3 is 4.90 Å². The zero-order valence-corrected chi connectivity index (χ0v) is 10.5. The van der Waals surface area contributed by atoms with Gasteiger partial charge in [0.15, 0.2) is 0 Å². The molecule has 0 saturated carbocycles. The molecule has 4 heteroatoms. The second kappa shape index (κ2) is 3.70. The van der Waals surface area contributed by atoms with Gasteiger partial charge in [-0.15, -0.1) is 0 Å². The Balaban J connectivity index is 2.60. The molecule has 0 N–H and O–H groups in total. The van der Waals surface area contributed by atoms with Gasteiger partial charge in [0.05, 0.1) is 26.1 Å². The summed E-state index contributed by atoms with van der Waals surface area (Å²) in [4.78, 5) is 14.0. The Morgan fingerprint density at radius 1 is 1.38 bits per heavy atom. The van der Waals surface area contributed by atoms with Crippen LogP contribution >= 0.6 is 0 Å². The highest BCUT2D eigenvalue weighted by Crippen LogP contribution is 2.36. The Morgan fingerprint density at radius 2 is 2.00 bits per heavy atom. The molecule has 0 saturated heterocycles. The van der Waals surface area contributed by atoms with E-state index in [-0.39, 0.29) is 10.7 Å². The molecule has 0 aliphatic carbocycles. The van der Waals surface area contributed by atoms with Gasteiger partial charge in [-0.2, -0.15) is 0 Å². The molecule has 1 unspecified atom stereocenters. The van der Waals surface area contributed by atoms with Crippen LogP contribution in [0.5, 0.6) is 0 Å². The van der Waals surface area contributed by atoms with Crippen LogP contribution in [0.25, 0.3) is 0 Å². The zero-order chi connectivity index (χ0) is 11.9. The quantitative estimate of drug-likeness (QED) is 0.691. The number of benzene rings is 1.